The Morgan fingerprint density at radius 3 is 2.40 bits per heavy atom. The Labute approximate surface area is 120 Å². The molecule has 4 bridgehead atoms. The lowest BCUT2D eigenvalue weighted by Crippen LogP contribution is -2.50. The third-order valence-corrected chi connectivity index (χ3v) is 5.91. The van der Waals surface area contributed by atoms with Crippen molar-refractivity contribution in [1.82, 2.24) is 9.97 Å². The first-order valence-electron chi connectivity index (χ1n) is 8.04. The van der Waals surface area contributed by atoms with Crippen LogP contribution >= 0.6 is 0 Å². The third-order valence-electron chi connectivity index (χ3n) is 5.91. The molecule has 1 heterocycles. The van der Waals surface area contributed by atoms with Crippen LogP contribution in [0.5, 0.6) is 0 Å². The summed E-state index contributed by atoms with van der Waals surface area (Å²) >= 11 is 0. The van der Waals surface area contributed by atoms with E-state index in [1.54, 1.807) is 12.3 Å². The van der Waals surface area contributed by atoms with Gasteiger partial charge in [0, 0.05) is 12.2 Å². The number of hydrogen-bond donors (Lipinski definition) is 2. The first kappa shape index (κ1) is 12.4. The molecule has 1 atom stereocenters. The van der Waals surface area contributed by atoms with Gasteiger partial charge in [0.2, 0.25) is 5.95 Å². The van der Waals surface area contributed by atoms with Gasteiger partial charge in [0.1, 0.15) is 5.82 Å². The molecule has 0 amide bonds. The highest BCUT2D eigenvalue weighted by Crippen LogP contribution is 2.57. The summed E-state index contributed by atoms with van der Waals surface area (Å²) in [5.41, 5.74) is 5.74. The van der Waals surface area contributed by atoms with Crippen molar-refractivity contribution < 1.29 is 0 Å². The van der Waals surface area contributed by atoms with E-state index in [1.807, 2.05) is 0 Å². The van der Waals surface area contributed by atoms with E-state index >= 15 is 0 Å². The van der Waals surface area contributed by atoms with Crippen LogP contribution in [-0.2, 0) is 0 Å². The topological polar surface area (TPSA) is 63.8 Å². The molecule has 0 saturated heterocycles. The summed E-state index contributed by atoms with van der Waals surface area (Å²) in [5, 5.41) is 3.51. The molecule has 108 valence electrons. The molecule has 4 heteroatoms. The number of rotatable bonds is 3. The largest absolute Gasteiger partial charge is 0.384 e. The molecular weight excluding hydrogens is 248 g/mol. The van der Waals surface area contributed by atoms with Gasteiger partial charge in [0.25, 0.3) is 0 Å². The van der Waals surface area contributed by atoms with Crippen LogP contribution in [0, 0.1) is 29.6 Å². The van der Waals surface area contributed by atoms with Crippen LogP contribution in [0.1, 0.15) is 39.0 Å². The van der Waals surface area contributed by atoms with Crippen molar-refractivity contribution in [2.45, 2.75) is 45.1 Å². The van der Waals surface area contributed by atoms with Gasteiger partial charge in [0.05, 0.1) is 0 Å². The number of nitrogens with two attached hydrogens (primary N) is 1. The molecule has 1 aromatic rings. The van der Waals surface area contributed by atoms with Crippen molar-refractivity contribution in [3.05, 3.63) is 12.3 Å². The van der Waals surface area contributed by atoms with E-state index in [0.717, 1.165) is 29.6 Å². The van der Waals surface area contributed by atoms with E-state index in [4.69, 9.17) is 5.73 Å². The summed E-state index contributed by atoms with van der Waals surface area (Å²) in [6.07, 6.45) is 9.08. The molecule has 20 heavy (non-hydrogen) atoms. The molecule has 0 radical (unpaired) electrons. The minimum absolute atomic E-state index is 0.451. The lowest BCUT2D eigenvalue weighted by atomic mass is 9.50. The number of aromatic nitrogens is 2. The number of nitrogens with zero attached hydrogens (tertiary/aromatic N) is 2. The van der Waals surface area contributed by atoms with Crippen molar-refractivity contribution in [2.24, 2.45) is 29.6 Å². The van der Waals surface area contributed by atoms with Gasteiger partial charge < -0.3 is 11.1 Å². The third kappa shape index (κ3) is 2.05. The maximum atomic E-state index is 5.74. The van der Waals surface area contributed by atoms with Crippen molar-refractivity contribution in [1.29, 1.82) is 0 Å². The molecule has 1 aromatic heterocycles. The molecule has 0 aliphatic heterocycles. The zero-order chi connectivity index (χ0) is 13.7. The summed E-state index contributed by atoms with van der Waals surface area (Å²) in [5.74, 6) is 5.94. The van der Waals surface area contributed by atoms with E-state index < -0.39 is 0 Å². The molecule has 5 rings (SSSR count). The Hall–Kier alpha value is -1.32. The second-order valence-corrected chi connectivity index (χ2v) is 7.25. The van der Waals surface area contributed by atoms with Crippen molar-refractivity contribution in [3.63, 3.8) is 0 Å². The summed E-state index contributed by atoms with van der Waals surface area (Å²) in [4.78, 5) is 8.57. The quantitative estimate of drug-likeness (QED) is 0.888. The molecule has 1 unspecified atom stereocenters. The number of hydrogen-bond acceptors (Lipinski definition) is 4. The fraction of sp³-hybridized carbons (Fsp3) is 0.750. The molecule has 4 nitrogen and oxygen atoms in total. The maximum Gasteiger partial charge on any atom is 0.224 e. The van der Waals surface area contributed by atoms with Gasteiger partial charge in [-0.3, -0.25) is 0 Å². The van der Waals surface area contributed by atoms with Gasteiger partial charge in [-0.15, -0.1) is 0 Å². The van der Waals surface area contributed by atoms with E-state index in [1.165, 1.54) is 32.1 Å². The number of nitrogens with one attached hydrogen (secondary N) is 1. The van der Waals surface area contributed by atoms with Crippen molar-refractivity contribution in [2.75, 3.05) is 11.1 Å². The van der Waals surface area contributed by atoms with E-state index in [0.29, 0.717) is 17.8 Å². The van der Waals surface area contributed by atoms with E-state index in [9.17, 15) is 0 Å². The molecule has 4 aliphatic rings. The molecule has 0 aromatic carbocycles. The van der Waals surface area contributed by atoms with Crippen molar-refractivity contribution in [3.8, 4) is 0 Å². The molecule has 0 spiro atoms. The van der Waals surface area contributed by atoms with Crippen LogP contribution in [0.15, 0.2) is 12.3 Å². The van der Waals surface area contributed by atoms with Gasteiger partial charge >= 0.3 is 0 Å². The number of nitrogen functional groups attached to an aromatic ring is 1. The fourth-order valence-electron chi connectivity index (χ4n) is 5.53. The summed E-state index contributed by atoms with van der Waals surface area (Å²) in [6, 6.07) is 2.19. The van der Waals surface area contributed by atoms with Gasteiger partial charge in [-0.25, -0.2) is 4.98 Å². The fourth-order valence-corrected chi connectivity index (χ4v) is 5.53. The lowest BCUT2D eigenvalue weighted by Gasteiger charge is -2.56. The zero-order valence-corrected chi connectivity index (χ0v) is 12.1. The molecule has 4 aliphatic carbocycles. The second kappa shape index (κ2) is 4.61. The average Bonchev–Trinajstić information content (AvgIpc) is 2.37. The lowest BCUT2D eigenvalue weighted by molar-refractivity contribution is -0.0418. The summed E-state index contributed by atoms with van der Waals surface area (Å²) in [7, 11) is 0. The highest BCUT2D eigenvalue weighted by molar-refractivity contribution is 5.35. The molecule has 3 N–H and O–H groups in total. The molecule has 4 fully saturated rings. The van der Waals surface area contributed by atoms with Crippen LogP contribution in [0.2, 0.25) is 0 Å². The van der Waals surface area contributed by atoms with Crippen LogP contribution in [-0.4, -0.2) is 16.0 Å². The predicted octanol–water partition coefficient (Wildman–Crippen LogP) is 2.93. The zero-order valence-electron chi connectivity index (χ0n) is 12.1. The van der Waals surface area contributed by atoms with Crippen molar-refractivity contribution >= 4 is 11.8 Å². The first-order chi connectivity index (χ1) is 9.69. The monoisotopic (exact) mass is 272 g/mol. The van der Waals surface area contributed by atoms with Gasteiger partial charge in [-0.2, -0.15) is 4.98 Å². The number of anilines is 2. The van der Waals surface area contributed by atoms with E-state index in [-0.39, 0.29) is 0 Å². The van der Waals surface area contributed by atoms with Gasteiger partial charge in [-0.1, -0.05) is 0 Å². The van der Waals surface area contributed by atoms with Crippen LogP contribution < -0.4 is 11.1 Å². The molecular formula is C16H24N4. The molecule has 4 saturated carbocycles. The normalized spacial score (nSPS) is 39.8. The Bertz CT molecular complexity index is 473. The van der Waals surface area contributed by atoms with Crippen LogP contribution in [0.3, 0.4) is 0 Å². The highest BCUT2D eigenvalue weighted by Gasteiger charge is 2.49. The summed E-state index contributed by atoms with van der Waals surface area (Å²) < 4.78 is 0. The summed E-state index contributed by atoms with van der Waals surface area (Å²) in [6.45, 7) is 2.31. The van der Waals surface area contributed by atoms with Gasteiger partial charge in [-0.05, 0) is 74.7 Å². The first-order valence-corrected chi connectivity index (χ1v) is 8.04. The minimum Gasteiger partial charge on any atom is -0.384 e. The van der Waals surface area contributed by atoms with Crippen LogP contribution in [0.25, 0.3) is 0 Å². The standard InChI is InChI=1S/C16H24N4/c1-9(19-16-18-3-2-14(17)20-16)15-12-5-10-4-11(7-12)8-13(15)6-10/h2-3,9-13,15H,4-8H2,1H3,(H3,17,18,19,20). The SMILES string of the molecule is CC(Nc1nccc(N)n1)C1C2CC3CC(C2)CC1C3. The Kier molecular flexibility index (Phi) is 2.86. The smallest absolute Gasteiger partial charge is 0.224 e. The van der Waals surface area contributed by atoms with E-state index in [2.05, 4.69) is 22.2 Å². The maximum absolute atomic E-state index is 5.74. The average molecular weight is 272 g/mol. The Morgan fingerprint density at radius 2 is 1.80 bits per heavy atom. The Morgan fingerprint density at radius 1 is 1.15 bits per heavy atom. The second-order valence-electron chi connectivity index (χ2n) is 7.25. The van der Waals surface area contributed by atoms with Gasteiger partial charge in [0.15, 0.2) is 0 Å². The Balaban J connectivity index is 1.50. The predicted molar refractivity (Wildman–Crippen MR) is 80.1 cm³/mol. The highest BCUT2D eigenvalue weighted by atomic mass is 15.1. The van der Waals surface area contributed by atoms with Crippen LogP contribution in [0.4, 0.5) is 11.8 Å². The minimum atomic E-state index is 0.451.